The Morgan fingerprint density at radius 1 is 0.939 bits per heavy atom. The molecule has 2 aliphatic heterocycles. The number of hydroxylamine groups is 1. The highest BCUT2D eigenvalue weighted by molar-refractivity contribution is 6.24. The lowest BCUT2D eigenvalue weighted by Gasteiger charge is -2.29. The van der Waals surface area contributed by atoms with E-state index in [2.05, 4.69) is 0 Å². The Balaban J connectivity index is 1.61. The molecule has 2 saturated heterocycles. The third kappa shape index (κ3) is 3.32. The van der Waals surface area contributed by atoms with Crippen LogP contribution in [-0.4, -0.2) is 30.1 Å². The van der Waals surface area contributed by atoms with Crippen LogP contribution in [0.2, 0.25) is 0 Å². The summed E-state index contributed by atoms with van der Waals surface area (Å²) in [6.07, 6.45) is -0.955. The van der Waals surface area contributed by atoms with Gasteiger partial charge in [0.05, 0.1) is 24.5 Å². The van der Waals surface area contributed by atoms with Crippen LogP contribution in [0, 0.1) is 19.8 Å². The molecule has 33 heavy (non-hydrogen) atoms. The summed E-state index contributed by atoms with van der Waals surface area (Å²) >= 11 is 0. The van der Waals surface area contributed by atoms with Crippen LogP contribution in [0.25, 0.3) is 0 Å². The highest BCUT2D eigenvalue weighted by Gasteiger charge is 2.60. The molecule has 2 amide bonds. The summed E-state index contributed by atoms with van der Waals surface area (Å²) < 4.78 is 5.29. The number of nitrogens with zero attached hydrogens (tertiary/aromatic N) is 2. The molecule has 3 aromatic rings. The van der Waals surface area contributed by atoms with Gasteiger partial charge in [0.1, 0.15) is 5.92 Å². The van der Waals surface area contributed by atoms with Gasteiger partial charge >= 0.3 is 0 Å². The molecule has 3 atom stereocenters. The van der Waals surface area contributed by atoms with Gasteiger partial charge in [0, 0.05) is 0 Å². The first kappa shape index (κ1) is 21.0. The number of hydrogen-bond acceptors (Lipinski definition) is 6. The van der Waals surface area contributed by atoms with Crippen LogP contribution in [0.5, 0.6) is 11.5 Å². The number of aryl methyl sites for hydroxylation is 2. The number of carbonyl (C=O) groups excluding carboxylic acids is 2. The van der Waals surface area contributed by atoms with Crippen LogP contribution in [0.15, 0.2) is 66.7 Å². The van der Waals surface area contributed by atoms with E-state index in [4.69, 9.17) is 9.57 Å². The van der Waals surface area contributed by atoms with E-state index < -0.39 is 18.1 Å². The van der Waals surface area contributed by atoms with E-state index >= 15 is 0 Å². The van der Waals surface area contributed by atoms with Crippen LogP contribution in [0.4, 0.5) is 11.4 Å². The monoisotopic (exact) mass is 444 g/mol. The van der Waals surface area contributed by atoms with Gasteiger partial charge in [-0.05, 0) is 55.3 Å². The van der Waals surface area contributed by atoms with Crippen molar-refractivity contribution in [1.29, 1.82) is 0 Å². The van der Waals surface area contributed by atoms with Crippen LogP contribution >= 0.6 is 0 Å². The maximum absolute atomic E-state index is 13.7. The second-order valence-electron chi connectivity index (χ2n) is 8.39. The van der Waals surface area contributed by atoms with Crippen molar-refractivity contribution < 1.29 is 24.3 Å². The minimum Gasteiger partial charge on any atom is -0.504 e. The van der Waals surface area contributed by atoms with Crippen molar-refractivity contribution in [1.82, 2.24) is 0 Å². The predicted molar refractivity (Wildman–Crippen MR) is 123 cm³/mol. The number of hydrogen-bond donors (Lipinski definition) is 1. The maximum Gasteiger partial charge on any atom is 0.266 e. The average molecular weight is 444 g/mol. The molecule has 2 heterocycles. The van der Waals surface area contributed by atoms with E-state index in [-0.39, 0.29) is 23.3 Å². The topological polar surface area (TPSA) is 79.3 Å². The minimum absolute atomic E-state index is 0.00583. The van der Waals surface area contributed by atoms with Crippen molar-refractivity contribution >= 4 is 23.2 Å². The fourth-order valence-electron chi connectivity index (χ4n) is 4.72. The smallest absolute Gasteiger partial charge is 0.266 e. The zero-order valence-corrected chi connectivity index (χ0v) is 18.6. The summed E-state index contributed by atoms with van der Waals surface area (Å²) in [5, 5.41) is 11.7. The SMILES string of the molecule is COc1cc([C@H]2[C@H]3C(=O)N(c4ccc(C)cc4C)C(=O)[C@H]3ON2c2ccccc2)ccc1O. The number of benzene rings is 3. The summed E-state index contributed by atoms with van der Waals surface area (Å²) in [5.74, 6) is -1.17. The van der Waals surface area contributed by atoms with Gasteiger partial charge in [0.25, 0.3) is 5.91 Å². The van der Waals surface area contributed by atoms with Crippen molar-refractivity contribution in [3.8, 4) is 11.5 Å². The van der Waals surface area contributed by atoms with E-state index in [1.54, 1.807) is 23.3 Å². The van der Waals surface area contributed by atoms with Crippen LogP contribution < -0.4 is 14.7 Å². The third-order valence-electron chi connectivity index (χ3n) is 6.26. The van der Waals surface area contributed by atoms with Gasteiger partial charge in [0.2, 0.25) is 5.91 Å². The number of ether oxygens (including phenoxy) is 1. The van der Waals surface area contributed by atoms with Gasteiger partial charge in [-0.1, -0.05) is 42.0 Å². The molecule has 7 nitrogen and oxygen atoms in total. The van der Waals surface area contributed by atoms with Gasteiger partial charge in [-0.2, -0.15) is 0 Å². The van der Waals surface area contributed by atoms with Crippen LogP contribution in [-0.2, 0) is 14.4 Å². The van der Waals surface area contributed by atoms with E-state index in [0.717, 1.165) is 16.8 Å². The summed E-state index contributed by atoms with van der Waals surface area (Å²) in [5.41, 5.74) is 3.89. The largest absolute Gasteiger partial charge is 0.504 e. The molecule has 0 aromatic heterocycles. The van der Waals surface area contributed by atoms with E-state index in [9.17, 15) is 14.7 Å². The van der Waals surface area contributed by atoms with E-state index in [1.165, 1.54) is 18.1 Å². The number of carbonyl (C=O) groups is 2. The number of anilines is 2. The second-order valence-corrected chi connectivity index (χ2v) is 8.39. The Hall–Kier alpha value is -3.84. The van der Waals surface area contributed by atoms with E-state index in [1.807, 2.05) is 56.3 Å². The Kier molecular flexibility index (Phi) is 5.06. The van der Waals surface area contributed by atoms with Crippen LogP contribution in [0.3, 0.4) is 0 Å². The summed E-state index contributed by atoms with van der Waals surface area (Å²) in [6, 6.07) is 19.3. The molecule has 1 N–H and O–H groups in total. The van der Waals surface area contributed by atoms with E-state index in [0.29, 0.717) is 11.3 Å². The third-order valence-corrected chi connectivity index (χ3v) is 6.26. The van der Waals surface area contributed by atoms with Crippen LogP contribution in [0.1, 0.15) is 22.7 Å². The van der Waals surface area contributed by atoms with Gasteiger partial charge in [-0.15, -0.1) is 0 Å². The zero-order chi connectivity index (χ0) is 23.3. The average Bonchev–Trinajstić information content (AvgIpc) is 3.31. The fourth-order valence-corrected chi connectivity index (χ4v) is 4.72. The maximum atomic E-state index is 13.7. The van der Waals surface area contributed by atoms with Crippen molar-refractivity contribution in [2.24, 2.45) is 5.92 Å². The van der Waals surface area contributed by atoms with Gasteiger partial charge in [-0.25, -0.2) is 9.96 Å². The van der Waals surface area contributed by atoms with Crippen molar-refractivity contribution in [3.63, 3.8) is 0 Å². The zero-order valence-electron chi connectivity index (χ0n) is 18.6. The molecular weight excluding hydrogens is 420 g/mol. The molecule has 0 bridgehead atoms. The first-order valence-corrected chi connectivity index (χ1v) is 10.7. The first-order valence-electron chi connectivity index (χ1n) is 10.7. The molecule has 0 radical (unpaired) electrons. The number of methoxy groups -OCH3 is 1. The number of imide groups is 1. The lowest BCUT2D eigenvalue weighted by atomic mass is 9.90. The van der Waals surface area contributed by atoms with Gasteiger partial charge < -0.3 is 9.84 Å². The Morgan fingerprint density at radius 2 is 1.70 bits per heavy atom. The molecular formula is C26H24N2O5. The number of phenolic OH excluding ortho intramolecular Hbond substituents is 1. The fraction of sp³-hybridized carbons (Fsp3) is 0.231. The molecule has 0 spiro atoms. The van der Waals surface area contributed by atoms with Crippen molar-refractivity contribution in [2.75, 3.05) is 17.1 Å². The number of rotatable bonds is 4. The molecule has 2 fully saturated rings. The number of para-hydroxylation sites is 1. The molecule has 5 rings (SSSR count). The standard InChI is InChI=1S/C26H24N2O5/c1-15-9-11-19(16(2)13-15)27-25(30)22-23(17-10-12-20(29)21(14-17)32-3)28(33-24(22)26(27)31)18-7-5-4-6-8-18/h4-14,22-24,29H,1-3H3/t22-,23+,24+/m1/s1. The Bertz CT molecular complexity index is 1240. The van der Waals surface area contributed by atoms with Gasteiger partial charge in [-0.3, -0.25) is 14.4 Å². The van der Waals surface area contributed by atoms with Gasteiger partial charge in [0.15, 0.2) is 17.6 Å². The lowest BCUT2D eigenvalue weighted by Crippen LogP contribution is -2.37. The quantitative estimate of drug-likeness (QED) is 0.611. The lowest BCUT2D eigenvalue weighted by molar-refractivity contribution is -0.126. The minimum atomic E-state index is -0.955. The number of amides is 2. The molecule has 2 aliphatic rings. The predicted octanol–water partition coefficient (Wildman–Crippen LogP) is 4.07. The molecule has 0 saturated carbocycles. The summed E-state index contributed by atoms with van der Waals surface area (Å²) in [6.45, 7) is 3.85. The highest BCUT2D eigenvalue weighted by Crippen LogP contribution is 2.48. The Labute approximate surface area is 191 Å². The molecule has 3 aromatic carbocycles. The highest BCUT2D eigenvalue weighted by atomic mass is 16.7. The first-order chi connectivity index (χ1) is 15.9. The normalized spacial score (nSPS) is 22.1. The summed E-state index contributed by atoms with van der Waals surface area (Å²) in [4.78, 5) is 34.6. The second kappa shape index (κ2) is 7.94. The molecule has 0 unspecified atom stereocenters. The molecule has 168 valence electrons. The summed E-state index contributed by atoms with van der Waals surface area (Å²) in [7, 11) is 1.47. The number of phenols is 1. The van der Waals surface area contributed by atoms with Crippen molar-refractivity contribution in [3.05, 3.63) is 83.4 Å². The number of fused-ring (bicyclic) bond motifs is 1. The number of aromatic hydroxyl groups is 1. The van der Waals surface area contributed by atoms with Crippen molar-refractivity contribution in [2.45, 2.75) is 26.0 Å². The molecule has 7 heteroatoms. The molecule has 0 aliphatic carbocycles. The Morgan fingerprint density at radius 3 is 2.39 bits per heavy atom.